The number of rotatable bonds is 5. The molecule has 1 saturated heterocycles. The molecule has 0 radical (unpaired) electrons. The van der Waals surface area contributed by atoms with Gasteiger partial charge in [-0.25, -0.2) is 0 Å². The fraction of sp³-hybridized carbons (Fsp3) is 0.478. The number of piperidine rings is 1. The third-order valence-corrected chi connectivity index (χ3v) is 6.85. The van der Waals surface area contributed by atoms with Gasteiger partial charge in [-0.1, -0.05) is 25.1 Å². The van der Waals surface area contributed by atoms with Crippen LogP contribution in [0.3, 0.4) is 0 Å². The Balaban J connectivity index is 1.76. The minimum Gasteiger partial charge on any atom is -0.508 e. The lowest BCUT2D eigenvalue weighted by molar-refractivity contribution is -0.153. The molecular formula is C23H29N3O3. The normalized spacial score (nSPS) is 29.0. The van der Waals surface area contributed by atoms with Crippen LogP contribution in [-0.4, -0.2) is 44.9 Å². The van der Waals surface area contributed by atoms with Crippen molar-refractivity contribution in [1.82, 2.24) is 14.7 Å². The number of nitrogens with zero attached hydrogens (tertiary/aromatic N) is 3. The summed E-state index contributed by atoms with van der Waals surface area (Å²) in [7, 11) is 1.46. The third-order valence-electron chi connectivity index (χ3n) is 6.85. The molecule has 3 heterocycles. The van der Waals surface area contributed by atoms with Crippen molar-refractivity contribution in [3.05, 3.63) is 53.9 Å². The van der Waals surface area contributed by atoms with Crippen LogP contribution in [0.15, 0.2) is 42.7 Å². The monoisotopic (exact) mass is 395 g/mol. The van der Waals surface area contributed by atoms with Crippen LogP contribution in [0.2, 0.25) is 0 Å². The number of phenolic OH excluding ortho intramolecular Hbond substituents is 1. The van der Waals surface area contributed by atoms with E-state index in [0.29, 0.717) is 0 Å². The van der Waals surface area contributed by atoms with E-state index >= 15 is 0 Å². The molecule has 1 fully saturated rings. The second kappa shape index (κ2) is 7.34. The van der Waals surface area contributed by atoms with Gasteiger partial charge in [-0.05, 0) is 43.5 Å². The van der Waals surface area contributed by atoms with Gasteiger partial charge in [0.1, 0.15) is 5.75 Å². The quantitative estimate of drug-likeness (QED) is 0.786. The predicted molar refractivity (Wildman–Crippen MR) is 111 cm³/mol. The van der Waals surface area contributed by atoms with Crippen LogP contribution in [0, 0.1) is 11.3 Å². The topological polar surface area (TPSA) is 67.6 Å². The minimum atomic E-state index is -0.234. The zero-order chi connectivity index (χ0) is 20.8. The fourth-order valence-electron chi connectivity index (χ4n) is 5.10. The van der Waals surface area contributed by atoms with E-state index in [1.54, 1.807) is 6.07 Å². The molecule has 2 aliphatic heterocycles. The average Bonchev–Trinajstić information content (AvgIpc) is 3.17. The number of aryl methyl sites for hydroxylation is 1. The first kappa shape index (κ1) is 19.7. The first-order chi connectivity index (χ1) is 13.9. The van der Waals surface area contributed by atoms with E-state index in [2.05, 4.69) is 43.0 Å². The number of hydrogen-bond donors (Lipinski definition) is 1. The second-order valence-electron chi connectivity index (χ2n) is 8.43. The Labute approximate surface area is 171 Å². The molecule has 1 N–H and O–H groups in total. The third kappa shape index (κ3) is 3.25. The SMILES string of the molecule is CCn1cc(CN2[C@H]3C=C(c4cccc(O)c4)[C@](C)(C[C@@H]3C(=O)OC)[C@H]2C)cn1. The Morgan fingerprint density at radius 1 is 1.41 bits per heavy atom. The summed E-state index contributed by atoms with van der Waals surface area (Å²) in [6.45, 7) is 8.10. The lowest BCUT2D eigenvalue weighted by Gasteiger charge is -2.58. The maximum absolute atomic E-state index is 12.6. The Kier molecular flexibility index (Phi) is 4.99. The van der Waals surface area contributed by atoms with Crippen molar-refractivity contribution in [1.29, 1.82) is 0 Å². The van der Waals surface area contributed by atoms with Gasteiger partial charge in [-0.2, -0.15) is 5.10 Å². The van der Waals surface area contributed by atoms with Crippen LogP contribution in [0.5, 0.6) is 5.75 Å². The lowest BCUT2D eigenvalue weighted by Crippen LogP contribution is -2.62. The minimum absolute atomic E-state index is 0.0541. The first-order valence-corrected chi connectivity index (χ1v) is 10.2. The van der Waals surface area contributed by atoms with Crippen molar-refractivity contribution in [2.24, 2.45) is 11.3 Å². The summed E-state index contributed by atoms with van der Waals surface area (Å²) in [6, 6.07) is 7.57. The summed E-state index contributed by atoms with van der Waals surface area (Å²) < 4.78 is 7.08. The predicted octanol–water partition coefficient (Wildman–Crippen LogP) is 3.46. The standard InChI is InChI=1S/C23H29N3O3/c1-5-25-13-16(12-24-25)14-26-15(2)23(3)11-19(22(28)29-4)21(26)10-20(23)17-7-6-8-18(27)9-17/h6-10,12-13,15,19,21,27H,5,11,14H2,1-4H3/t15-,19+,21+,23-/m1/s1. The largest absolute Gasteiger partial charge is 0.508 e. The molecule has 2 aromatic rings. The van der Waals surface area contributed by atoms with Crippen LogP contribution in [0.1, 0.15) is 38.3 Å². The Morgan fingerprint density at radius 2 is 2.21 bits per heavy atom. The van der Waals surface area contributed by atoms with Crippen molar-refractivity contribution in [2.45, 2.75) is 52.4 Å². The highest BCUT2D eigenvalue weighted by Gasteiger charge is 2.55. The number of phenols is 1. The molecule has 0 amide bonds. The van der Waals surface area contributed by atoms with Crippen LogP contribution in [-0.2, 0) is 22.6 Å². The summed E-state index contributed by atoms with van der Waals surface area (Å²) >= 11 is 0. The van der Waals surface area contributed by atoms with E-state index in [-0.39, 0.29) is 35.1 Å². The van der Waals surface area contributed by atoms with E-state index in [1.807, 2.05) is 29.1 Å². The molecule has 4 atom stereocenters. The highest BCUT2D eigenvalue weighted by molar-refractivity contribution is 5.81. The number of carbonyl (C=O) groups is 1. The maximum Gasteiger partial charge on any atom is 0.310 e. The molecule has 2 bridgehead atoms. The van der Waals surface area contributed by atoms with Crippen molar-refractivity contribution in [2.75, 3.05) is 7.11 Å². The molecule has 0 saturated carbocycles. The molecule has 154 valence electrons. The molecule has 1 aromatic carbocycles. The molecule has 3 aliphatic rings. The molecule has 1 aliphatic carbocycles. The van der Waals surface area contributed by atoms with Crippen LogP contribution in [0.4, 0.5) is 0 Å². The molecule has 0 spiro atoms. The fourth-order valence-corrected chi connectivity index (χ4v) is 5.10. The summed E-state index contributed by atoms with van der Waals surface area (Å²) in [5, 5.41) is 14.4. The van der Waals surface area contributed by atoms with E-state index in [4.69, 9.17) is 4.74 Å². The highest BCUT2D eigenvalue weighted by Crippen LogP contribution is 2.55. The van der Waals surface area contributed by atoms with E-state index < -0.39 is 0 Å². The van der Waals surface area contributed by atoms with Gasteiger partial charge < -0.3 is 9.84 Å². The van der Waals surface area contributed by atoms with Gasteiger partial charge >= 0.3 is 5.97 Å². The van der Waals surface area contributed by atoms with Crippen LogP contribution >= 0.6 is 0 Å². The molecule has 5 rings (SSSR count). The Hall–Kier alpha value is -2.60. The van der Waals surface area contributed by atoms with Gasteiger partial charge in [0.25, 0.3) is 0 Å². The summed E-state index contributed by atoms with van der Waals surface area (Å²) in [5.41, 5.74) is 3.13. The first-order valence-electron chi connectivity index (χ1n) is 10.2. The maximum atomic E-state index is 12.6. The second-order valence-corrected chi connectivity index (χ2v) is 8.43. The van der Waals surface area contributed by atoms with Crippen LogP contribution < -0.4 is 0 Å². The molecule has 6 nitrogen and oxygen atoms in total. The van der Waals surface area contributed by atoms with Gasteiger partial charge in [0.2, 0.25) is 0 Å². The molecule has 6 heteroatoms. The van der Waals surface area contributed by atoms with Crippen molar-refractivity contribution >= 4 is 11.5 Å². The van der Waals surface area contributed by atoms with Gasteiger partial charge in [-0.3, -0.25) is 14.4 Å². The van der Waals surface area contributed by atoms with Gasteiger partial charge in [-0.15, -0.1) is 0 Å². The zero-order valence-electron chi connectivity index (χ0n) is 17.5. The molecule has 29 heavy (non-hydrogen) atoms. The van der Waals surface area contributed by atoms with E-state index in [9.17, 15) is 9.90 Å². The summed E-state index contributed by atoms with van der Waals surface area (Å²) in [6.07, 6.45) is 6.93. The molecule has 1 aromatic heterocycles. The van der Waals surface area contributed by atoms with Crippen molar-refractivity contribution in [3.8, 4) is 5.75 Å². The summed E-state index contributed by atoms with van der Waals surface area (Å²) in [4.78, 5) is 15.0. The number of aromatic nitrogens is 2. The van der Waals surface area contributed by atoms with Crippen molar-refractivity contribution in [3.63, 3.8) is 0 Å². The number of hydrogen-bond acceptors (Lipinski definition) is 5. The number of carbonyl (C=O) groups excluding carboxylic acids is 1. The zero-order valence-corrected chi connectivity index (χ0v) is 17.5. The molecular weight excluding hydrogens is 366 g/mol. The van der Waals surface area contributed by atoms with Crippen LogP contribution in [0.25, 0.3) is 5.57 Å². The highest BCUT2D eigenvalue weighted by atomic mass is 16.5. The Morgan fingerprint density at radius 3 is 2.86 bits per heavy atom. The number of benzene rings is 1. The summed E-state index contributed by atoms with van der Waals surface area (Å²) in [5.74, 6) is -0.105. The van der Waals surface area contributed by atoms with Gasteiger partial charge in [0.15, 0.2) is 0 Å². The van der Waals surface area contributed by atoms with Crippen molar-refractivity contribution < 1.29 is 14.6 Å². The number of methoxy groups -OCH3 is 1. The number of aromatic hydroxyl groups is 1. The lowest BCUT2D eigenvalue weighted by atomic mass is 9.58. The number of fused-ring (bicyclic) bond motifs is 2. The Bertz CT molecular complexity index is 950. The number of ether oxygens (including phenoxy) is 1. The van der Waals surface area contributed by atoms with Gasteiger partial charge in [0.05, 0.1) is 19.2 Å². The average molecular weight is 396 g/mol. The number of esters is 1. The molecule has 0 unspecified atom stereocenters. The van der Waals surface area contributed by atoms with E-state index in [1.165, 1.54) is 12.7 Å². The smallest absolute Gasteiger partial charge is 0.310 e. The van der Waals surface area contributed by atoms with E-state index in [0.717, 1.165) is 30.6 Å². The van der Waals surface area contributed by atoms with Gasteiger partial charge in [0, 0.05) is 42.3 Å².